The van der Waals surface area contributed by atoms with Gasteiger partial charge in [0.05, 0.1) is 0 Å². The van der Waals surface area contributed by atoms with Crippen molar-refractivity contribution in [3.8, 4) is 0 Å². The number of rotatable bonds is 5. The van der Waals surface area contributed by atoms with Crippen LogP contribution in [0.3, 0.4) is 0 Å². The van der Waals surface area contributed by atoms with Gasteiger partial charge in [-0.2, -0.15) is 0 Å². The summed E-state index contributed by atoms with van der Waals surface area (Å²) in [5.74, 6) is 0. The summed E-state index contributed by atoms with van der Waals surface area (Å²) in [5.41, 5.74) is 2.62. The number of halogens is 1. The smallest absolute Gasteiger partial charge is 0.0270 e. The van der Waals surface area contributed by atoms with Gasteiger partial charge in [0.1, 0.15) is 0 Å². The summed E-state index contributed by atoms with van der Waals surface area (Å²) in [4.78, 5) is 4.01. The highest BCUT2D eigenvalue weighted by molar-refractivity contribution is 9.10. The molecule has 1 heterocycles. The van der Waals surface area contributed by atoms with E-state index in [-0.39, 0.29) is 0 Å². The molecule has 0 aliphatic rings. The van der Waals surface area contributed by atoms with E-state index in [1.54, 1.807) is 0 Å². The van der Waals surface area contributed by atoms with Crippen LogP contribution in [0, 0.1) is 0 Å². The third kappa shape index (κ3) is 4.29. The summed E-state index contributed by atoms with van der Waals surface area (Å²) in [7, 11) is 0. The van der Waals surface area contributed by atoms with Crippen LogP contribution in [-0.2, 0) is 13.0 Å². The molecule has 88 valence electrons. The number of benzene rings is 1. The van der Waals surface area contributed by atoms with Crippen LogP contribution < -0.4 is 5.32 Å². The van der Waals surface area contributed by atoms with Gasteiger partial charge in [0.15, 0.2) is 0 Å². The molecule has 1 aromatic heterocycles. The van der Waals surface area contributed by atoms with Crippen LogP contribution in [-0.4, -0.2) is 11.5 Å². The lowest BCUT2D eigenvalue weighted by Gasteiger charge is -2.05. The highest BCUT2D eigenvalue weighted by Gasteiger charge is 1.94. The van der Waals surface area contributed by atoms with E-state index in [4.69, 9.17) is 0 Å². The standard InChI is InChI=1S/C14H15BrN2/c15-14-3-1-2-13(10-14)11-17-9-6-12-4-7-16-8-5-12/h1-5,7-8,10,17H,6,9,11H2. The Morgan fingerprint density at radius 1 is 1.06 bits per heavy atom. The van der Waals surface area contributed by atoms with Crippen molar-refractivity contribution >= 4 is 15.9 Å². The third-order valence-corrected chi connectivity index (χ3v) is 3.05. The number of hydrogen-bond acceptors (Lipinski definition) is 2. The second kappa shape index (κ2) is 6.52. The molecular weight excluding hydrogens is 276 g/mol. The lowest BCUT2D eigenvalue weighted by molar-refractivity contribution is 0.686. The number of pyridine rings is 1. The summed E-state index contributed by atoms with van der Waals surface area (Å²) in [5, 5.41) is 3.44. The maximum Gasteiger partial charge on any atom is 0.0270 e. The van der Waals surface area contributed by atoms with Crippen molar-refractivity contribution in [2.24, 2.45) is 0 Å². The van der Waals surface area contributed by atoms with Crippen molar-refractivity contribution < 1.29 is 0 Å². The molecule has 0 saturated carbocycles. The first-order valence-electron chi connectivity index (χ1n) is 5.68. The van der Waals surface area contributed by atoms with Gasteiger partial charge in [0.25, 0.3) is 0 Å². The van der Waals surface area contributed by atoms with E-state index in [9.17, 15) is 0 Å². The van der Waals surface area contributed by atoms with E-state index in [2.05, 4.69) is 56.6 Å². The summed E-state index contributed by atoms with van der Waals surface area (Å²) >= 11 is 3.47. The number of nitrogens with one attached hydrogen (secondary N) is 1. The van der Waals surface area contributed by atoms with Gasteiger partial charge in [-0.3, -0.25) is 4.98 Å². The molecule has 0 amide bonds. The zero-order valence-electron chi connectivity index (χ0n) is 9.57. The fourth-order valence-corrected chi connectivity index (χ4v) is 2.11. The van der Waals surface area contributed by atoms with Crippen LogP contribution >= 0.6 is 15.9 Å². The van der Waals surface area contributed by atoms with Gasteiger partial charge in [-0.25, -0.2) is 0 Å². The van der Waals surface area contributed by atoms with Crippen molar-refractivity contribution in [3.05, 3.63) is 64.4 Å². The van der Waals surface area contributed by atoms with Gasteiger partial charge in [-0.15, -0.1) is 0 Å². The third-order valence-electron chi connectivity index (χ3n) is 2.56. The molecule has 2 rings (SSSR count). The van der Waals surface area contributed by atoms with Crippen molar-refractivity contribution in [2.45, 2.75) is 13.0 Å². The normalized spacial score (nSPS) is 10.4. The monoisotopic (exact) mass is 290 g/mol. The Morgan fingerprint density at radius 3 is 2.65 bits per heavy atom. The Kier molecular flexibility index (Phi) is 4.71. The van der Waals surface area contributed by atoms with E-state index in [1.807, 2.05) is 18.5 Å². The molecule has 0 aliphatic heterocycles. The first kappa shape index (κ1) is 12.3. The molecule has 3 heteroatoms. The molecule has 2 nitrogen and oxygen atoms in total. The van der Waals surface area contributed by atoms with Crippen molar-refractivity contribution in [2.75, 3.05) is 6.54 Å². The zero-order valence-corrected chi connectivity index (χ0v) is 11.2. The summed E-state index contributed by atoms with van der Waals surface area (Å²) in [6, 6.07) is 12.5. The topological polar surface area (TPSA) is 24.9 Å². The van der Waals surface area contributed by atoms with Crippen LogP contribution in [0.2, 0.25) is 0 Å². The molecule has 0 aliphatic carbocycles. The summed E-state index contributed by atoms with van der Waals surface area (Å²) in [6.45, 7) is 1.89. The van der Waals surface area contributed by atoms with E-state index < -0.39 is 0 Å². The second-order valence-corrected chi connectivity index (χ2v) is 4.83. The minimum atomic E-state index is 0.907. The molecule has 17 heavy (non-hydrogen) atoms. The van der Waals surface area contributed by atoms with Gasteiger partial charge in [-0.1, -0.05) is 28.1 Å². The molecule has 2 aromatic rings. The average molecular weight is 291 g/mol. The van der Waals surface area contributed by atoms with Crippen molar-refractivity contribution in [1.29, 1.82) is 0 Å². The molecular formula is C14H15BrN2. The number of hydrogen-bond donors (Lipinski definition) is 1. The number of nitrogens with zero attached hydrogens (tertiary/aromatic N) is 1. The van der Waals surface area contributed by atoms with Gasteiger partial charge in [0.2, 0.25) is 0 Å². The SMILES string of the molecule is Brc1cccc(CNCCc2ccncc2)c1. The molecule has 1 N–H and O–H groups in total. The Morgan fingerprint density at radius 2 is 1.88 bits per heavy atom. The Bertz CT molecular complexity index is 457. The molecule has 1 aromatic carbocycles. The largest absolute Gasteiger partial charge is 0.312 e. The van der Waals surface area contributed by atoms with Crippen LogP contribution in [0.5, 0.6) is 0 Å². The van der Waals surface area contributed by atoms with Crippen molar-refractivity contribution in [3.63, 3.8) is 0 Å². The van der Waals surface area contributed by atoms with Crippen LogP contribution in [0.25, 0.3) is 0 Å². The predicted molar refractivity (Wildman–Crippen MR) is 73.8 cm³/mol. The summed E-state index contributed by atoms with van der Waals surface area (Å²) in [6.07, 6.45) is 4.71. The maximum atomic E-state index is 4.01. The van der Waals surface area contributed by atoms with Gasteiger partial charge < -0.3 is 5.32 Å². The molecule has 0 spiro atoms. The molecule has 0 bridgehead atoms. The lowest BCUT2D eigenvalue weighted by Crippen LogP contribution is -2.16. The first-order valence-corrected chi connectivity index (χ1v) is 6.48. The van der Waals surface area contributed by atoms with Gasteiger partial charge >= 0.3 is 0 Å². The highest BCUT2D eigenvalue weighted by Crippen LogP contribution is 2.11. The van der Waals surface area contributed by atoms with Gasteiger partial charge in [0, 0.05) is 23.4 Å². The average Bonchev–Trinajstić information content (AvgIpc) is 2.36. The van der Waals surface area contributed by atoms with E-state index in [1.165, 1.54) is 11.1 Å². The Hall–Kier alpha value is -1.19. The Balaban J connectivity index is 1.73. The molecule has 0 saturated heterocycles. The quantitative estimate of drug-likeness (QED) is 0.856. The predicted octanol–water partition coefficient (Wildman–Crippen LogP) is 3.18. The second-order valence-electron chi connectivity index (χ2n) is 3.91. The van der Waals surface area contributed by atoms with Crippen LogP contribution in [0.1, 0.15) is 11.1 Å². The molecule has 0 atom stereocenters. The first-order chi connectivity index (χ1) is 8.34. The van der Waals surface area contributed by atoms with E-state index in [0.717, 1.165) is 24.0 Å². The van der Waals surface area contributed by atoms with E-state index >= 15 is 0 Å². The fourth-order valence-electron chi connectivity index (χ4n) is 1.66. The minimum Gasteiger partial charge on any atom is -0.312 e. The lowest BCUT2D eigenvalue weighted by atomic mass is 10.2. The zero-order chi connectivity index (χ0) is 11.9. The van der Waals surface area contributed by atoms with Crippen molar-refractivity contribution in [1.82, 2.24) is 10.3 Å². The molecule has 0 radical (unpaired) electrons. The maximum absolute atomic E-state index is 4.01. The Labute approximate surface area is 110 Å². The van der Waals surface area contributed by atoms with E-state index in [0.29, 0.717) is 0 Å². The van der Waals surface area contributed by atoms with Crippen LogP contribution in [0.15, 0.2) is 53.3 Å². The number of aromatic nitrogens is 1. The highest BCUT2D eigenvalue weighted by atomic mass is 79.9. The summed E-state index contributed by atoms with van der Waals surface area (Å²) < 4.78 is 1.13. The van der Waals surface area contributed by atoms with Gasteiger partial charge in [-0.05, 0) is 48.4 Å². The minimum absolute atomic E-state index is 0.907. The van der Waals surface area contributed by atoms with Crippen LogP contribution in [0.4, 0.5) is 0 Å². The molecule has 0 fully saturated rings. The molecule has 0 unspecified atom stereocenters. The fraction of sp³-hybridized carbons (Fsp3) is 0.214.